The zero-order valence-corrected chi connectivity index (χ0v) is 15.1. The number of aryl methyl sites for hydroxylation is 2. The van der Waals surface area contributed by atoms with Crippen molar-refractivity contribution in [2.75, 3.05) is 10.6 Å². The summed E-state index contributed by atoms with van der Waals surface area (Å²) in [5.74, 6) is -0.0947. The molecule has 4 nitrogen and oxygen atoms in total. The smallest absolute Gasteiger partial charge is 0.267 e. The van der Waals surface area contributed by atoms with E-state index in [0.29, 0.717) is 11.6 Å². The van der Waals surface area contributed by atoms with Crippen molar-refractivity contribution in [2.45, 2.75) is 33.6 Å². The molecule has 4 heteroatoms. The van der Waals surface area contributed by atoms with Crippen LogP contribution in [0.15, 0.2) is 54.2 Å². The number of hydrogen-bond donors (Lipinski definition) is 2. The Hall–Kier alpha value is -3.06. The van der Waals surface area contributed by atoms with Crippen LogP contribution in [-0.2, 0) is 4.79 Å². The zero-order valence-electron chi connectivity index (χ0n) is 15.1. The second-order valence-electron chi connectivity index (χ2n) is 6.33. The summed E-state index contributed by atoms with van der Waals surface area (Å²) >= 11 is 0. The molecule has 0 radical (unpaired) electrons. The van der Waals surface area contributed by atoms with Crippen LogP contribution in [0.1, 0.15) is 36.5 Å². The SMILES string of the molecule is Cc1cccc(NC(=O)/C(C#N)=C\Nc2c(C)cccc2C(C)C)c1. The number of nitrogens with zero attached hydrogens (tertiary/aromatic N) is 1. The second-order valence-corrected chi connectivity index (χ2v) is 6.33. The van der Waals surface area contributed by atoms with E-state index >= 15 is 0 Å². The first-order valence-electron chi connectivity index (χ1n) is 8.26. The number of nitrogens with one attached hydrogen (secondary N) is 2. The Balaban J connectivity index is 2.21. The third kappa shape index (κ3) is 4.71. The van der Waals surface area contributed by atoms with Gasteiger partial charge in [0.05, 0.1) is 0 Å². The molecule has 0 aliphatic heterocycles. The van der Waals surface area contributed by atoms with E-state index in [0.717, 1.165) is 22.4 Å². The lowest BCUT2D eigenvalue weighted by atomic mass is 9.98. The molecule has 0 saturated carbocycles. The van der Waals surface area contributed by atoms with Crippen LogP contribution in [0.3, 0.4) is 0 Å². The van der Waals surface area contributed by atoms with Crippen LogP contribution >= 0.6 is 0 Å². The molecule has 2 aromatic carbocycles. The fraction of sp³-hybridized carbons (Fsp3) is 0.238. The Bertz CT molecular complexity index is 844. The molecule has 128 valence electrons. The van der Waals surface area contributed by atoms with Crippen LogP contribution in [0.25, 0.3) is 0 Å². The molecule has 0 atom stereocenters. The topological polar surface area (TPSA) is 64.9 Å². The summed E-state index contributed by atoms with van der Waals surface area (Å²) in [6, 6.07) is 15.5. The monoisotopic (exact) mass is 333 g/mol. The molecule has 0 aliphatic rings. The summed E-state index contributed by atoms with van der Waals surface area (Å²) in [6.07, 6.45) is 1.47. The fourth-order valence-corrected chi connectivity index (χ4v) is 2.58. The number of para-hydroxylation sites is 1. The van der Waals surface area contributed by atoms with E-state index in [-0.39, 0.29) is 5.57 Å². The molecule has 1 amide bonds. The Morgan fingerprint density at radius 2 is 1.88 bits per heavy atom. The minimum atomic E-state index is -0.430. The standard InChI is InChI=1S/C21H23N3O/c1-14(2)19-10-6-8-16(4)20(19)23-13-17(12-22)21(25)24-18-9-5-7-15(3)11-18/h5-11,13-14,23H,1-4H3,(H,24,25)/b17-13-. The Kier molecular flexibility index (Phi) is 5.97. The summed E-state index contributed by atoms with van der Waals surface area (Å²) in [7, 11) is 0. The number of amides is 1. The third-order valence-corrected chi connectivity index (χ3v) is 3.93. The number of anilines is 2. The number of carbonyl (C=O) groups excluding carboxylic acids is 1. The second kappa shape index (κ2) is 8.16. The van der Waals surface area contributed by atoms with Crippen LogP contribution in [0, 0.1) is 25.2 Å². The van der Waals surface area contributed by atoms with Gasteiger partial charge in [-0.25, -0.2) is 0 Å². The Morgan fingerprint density at radius 1 is 1.16 bits per heavy atom. The molecule has 0 fully saturated rings. The summed E-state index contributed by atoms with van der Waals surface area (Å²) < 4.78 is 0. The van der Waals surface area contributed by atoms with Crippen LogP contribution in [0.5, 0.6) is 0 Å². The van der Waals surface area contributed by atoms with Crippen molar-refractivity contribution in [1.29, 1.82) is 5.26 Å². The molecule has 2 N–H and O–H groups in total. The highest BCUT2D eigenvalue weighted by Gasteiger charge is 2.12. The number of rotatable bonds is 5. The predicted molar refractivity (Wildman–Crippen MR) is 102 cm³/mol. The highest BCUT2D eigenvalue weighted by Crippen LogP contribution is 2.27. The maximum atomic E-state index is 12.3. The van der Waals surface area contributed by atoms with Gasteiger partial charge in [0.2, 0.25) is 0 Å². The van der Waals surface area contributed by atoms with Gasteiger partial charge in [0.15, 0.2) is 0 Å². The summed E-state index contributed by atoms with van der Waals surface area (Å²) in [5.41, 5.74) is 4.89. The van der Waals surface area contributed by atoms with E-state index in [1.54, 1.807) is 6.07 Å². The molecule has 25 heavy (non-hydrogen) atoms. The third-order valence-electron chi connectivity index (χ3n) is 3.93. The lowest BCUT2D eigenvalue weighted by Crippen LogP contribution is -2.15. The Morgan fingerprint density at radius 3 is 2.52 bits per heavy atom. The summed E-state index contributed by atoms with van der Waals surface area (Å²) in [4.78, 5) is 12.3. The average molecular weight is 333 g/mol. The molecule has 0 saturated heterocycles. The number of nitriles is 1. The van der Waals surface area contributed by atoms with E-state index in [4.69, 9.17) is 0 Å². The Labute approximate surface area is 149 Å². The highest BCUT2D eigenvalue weighted by molar-refractivity contribution is 6.06. The van der Waals surface area contributed by atoms with Crippen LogP contribution < -0.4 is 10.6 Å². The van der Waals surface area contributed by atoms with Gasteiger partial charge < -0.3 is 10.6 Å². The van der Waals surface area contributed by atoms with E-state index in [9.17, 15) is 10.1 Å². The molecule has 0 spiro atoms. The molecule has 0 aliphatic carbocycles. The zero-order chi connectivity index (χ0) is 18.4. The van der Waals surface area contributed by atoms with Gasteiger partial charge in [0, 0.05) is 17.6 Å². The molecular formula is C21H23N3O. The van der Waals surface area contributed by atoms with E-state index in [1.807, 2.05) is 56.3 Å². The normalized spacial score (nSPS) is 11.1. The van der Waals surface area contributed by atoms with E-state index in [1.165, 1.54) is 6.20 Å². The lowest BCUT2D eigenvalue weighted by Gasteiger charge is -2.15. The fourth-order valence-electron chi connectivity index (χ4n) is 2.58. The van der Waals surface area contributed by atoms with Crippen molar-refractivity contribution in [3.05, 3.63) is 70.9 Å². The molecule has 2 aromatic rings. The molecular weight excluding hydrogens is 310 g/mol. The van der Waals surface area contributed by atoms with Crippen molar-refractivity contribution in [3.8, 4) is 6.07 Å². The first-order chi connectivity index (χ1) is 11.9. The van der Waals surface area contributed by atoms with Crippen molar-refractivity contribution >= 4 is 17.3 Å². The van der Waals surface area contributed by atoms with Gasteiger partial charge in [-0.05, 0) is 48.6 Å². The quantitative estimate of drug-likeness (QED) is 0.605. The van der Waals surface area contributed by atoms with Crippen molar-refractivity contribution in [3.63, 3.8) is 0 Å². The molecule has 0 aromatic heterocycles. The van der Waals surface area contributed by atoms with E-state index in [2.05, 4.69) is 24.5 Å². The summed E-state index contributed by atoms with van der Waals surface area (Å²) in [5, 5.41) is 15.2. The molecule has 0 unspecified atom stereocenters. The summed E-state index contributed by atoms with van der Waals surface area (Å²) in [6.45, 7) is 8.17. The van der Waals surface area contributed by atoms with Crippen LogP contribution in [-0.4, -0.2) is 5.91 Å². The predicted octanol–water partition coefficient (Wildman–Crippen LogP) is 4.88. The number of carbonyl (C=O) groups is 1. The van der Waals surface area contributed by atoms with Crippen molar-refractivity contribution in [1.82, 2.24) is 0 Å². The maximum absolute atomic E-state index is 12.3. The number of benzene rings is 2. The van der Waals surface area contributed by atoms with Gasteiger partial charge in [-0.2, -0.15) is 5.26 Å². The first kappa shape index (κ1) is 18.3. The van der Waals surface area contributed by atoms with Gasteiger partial charge >= 0.3 is 0 Å². The lowest BCUT2D eigenvalue weighted by molar-refractivity contribution is -0.112. The highest BCUT2D eigenvalue weighted by atomic mass is 16.1. The van der Waals surface area contributed by atoms with Gasteiger partial charge in [-0.3, -0.25) is 4.79 Å². The van der Waals surface area contributed by atoms with Crippen LogP contribution in [0.4, 0.5) is 11.4 Å². The van der Waals surface area contributed by atoms with E-state index < -0.39 is 5.91 Å². The van der Waals surface area contributed by atoms with Crippen LogP contribution in [0.2, 0.25) is 0 Å². The minimum absolute atomic E-state index is 0.0273. The van der Waals surface area contributed by atoms with Gasteiger partial charge in [0.25, 0.3) is 5.91 Å². The minimum Gasteiger partial charge on any atom is -0.360 e. The first-order valence-corrected chi connectivity index (χ1v) is 8.26. The van der Waals surface area contributed by atoms with Crippen molar-refractivity contribution in [2.24, 2.45) is 0 Å². The van der Waals surface area contributed by atoms with Gasteiger partial charge in [-0.15, -0.1) is 0 Å². The largest absolute Gasteiger partial charge is 0.360 e. The average Bonchev–Trinajstić information content (AvgIpc) is 2.56. The van der Waals surface area contributed by atoms with Crippen molar-refractivity contribution < 1.29 is 4.79 Å². The number of hydrogen-bond acceptors (Lipinski definition) is 3. The maximum Gasteiger partial charge on any atom is 0.267 e. The van der Waals surface area contributed by atoms with Gasteiger partial charge in [0.1, 0.15) is 11.6 Å². The molecule has 0 bridgehead atoms. The molecule has 2 rings (SSSR count). The molecule has 0 heterocycles. The van der Waals surface area contributed by atoms with Gasteiger partial charge in [-0.1, -0.05) is 44.2 Å².